The number of halogens is 2. The molecule has 1 aromatic heterocycles. The highest BCUT2D eigenvalue weighted by Gasteiger charge is 2.57. The van der Waals surface area contributed by atoms with Crippen molar-refractivity contribution in [3.63, 3.8) is 0 Å². The highest BCUT2D eigenvalue weighted by atomic mass is 32.2. The largest absolute Gasteiger partial charge is 0.445 e. The fourth-order valence-corrected chi connectivity index (χ4v) is 12.6. The number of fused-ring (bicyclic) bond motifs is 1. The molecule has 3 saturated heterocycles. The van der Waals surface area contributed by atoms with E-state index in [4.69, 9.17) is 15.5 Å². The van der Waals surface area contributed by atoms with Crippen molar-refractivity contribution in [1.82, 2.24) is 40.2 Å². The lowest BCUT2D eigenvalue weighted by atomic mass is 9.84. The Labute approximate surface area is 482 Å². The Hall–Kier alpha value is -7.86. The van der Waals surface area contributed by atoms with Gasteiger partial charge in [0.05, 0.1) is 24.3 Å². The van der Waals surface area contributed by atoms with E-state index in [2.05, 4.69) is 21.3 Å². The maximum absolute atomic E-state index is 16.5. The standard InChI is InChI=1S/C59H72F2N10O11S/c1-35(2)50(67-47(72)14-8-5-9-26-69-48(73)21-22-49(69)74)56(77)66-45(13-10-25-63-58(62)79)55(76)64-40-18-16-38(17-19-40)34-82-59(80)71-32-44(61)42-31-70(57(78)53(75)52(42)71)51(39-23-27-83(81)28-24-39)54-65-46(41-29-36(3)15-20-43(41)60)33-68(54)30-37-11-6-4-7-12-37/h4,6-7,11-12,15-22,29,33,35,39,42,44-45,50-53,75H,5,8-10,13-14,23-28,30-32,34H2,1-3H3,(H,64,76)(H,66,77)(H,67,72)(H3,62,63,79). The summed E-state index contributed by atoms with van der Waals surface area (Å²) in [6.07, 6.45) is 2.44. The molecule has 0 bridgehead atoms. The van der Waals surface area contributed by atoms with Crippen LogP contribution < -0.4 is 27.0 Å². The first-order chi connectivity index (χ1) is 39.8. The molecule has 9 amide bonds. The summed E-state index contributed by atoms with van der Waals surface area (Å²) in [5.41, 5.74) is 8.30. The van der Waals surface area contributed by atoms with E-state index in [0.717, 1.165) is 20.9 Å². The molecule has 0 saturated carbocycles. The molecule has 24 heteroatoms. The number of primary amides is 1. The Bertz CT molecular complexity index is 3060. The average Bonchev–Trinajstić information content (AvgIpc) is 4.07. The van der Waals surface area contributed by atoms with Crippen LogP contribution in [0.2, 0.25) is 0 Å². The van der Waals surface area contributed by atoms with Gasteiger partial charge in [-0.2, -0.15) is 0 Å². The first-order valence-electron chi connectivity index (χ1n) is 28.1. The third kappa shape index (κ3) is 15.4. The van der Waals surface area contributed by atoms with Crippen molar-refractivity contribution in [3.05, 3.63) is 119 Å². The molecular weight excluding hydrogens is 1090 g/mol. The van der Waals surface area contributed by atoms with Crippen molar-refractivity contribution in [1.29, 1.82) is 0 Å². The first kappa shape index (κ1) is 61.2. The van der Waals surface area contributed by atoms with Crippen LogP contribution in [0.5, 0.6) is 0 Å². The van der Waals surface area contributed by atoms with Crippen molar-refractivity contribution in [2.24, 2.45) is 23.5 Å². The molecule has 21 nitrogen and oxygen atoms in total. The van der Waals surface area contributed by atoms with Gasteiger partial charge in [-0.05, 0) is 92.7 Å². The minimum atomic E-state index is -1.85. The number of aryl methyl sites for hydroxylation is 1. The van der Waals surface area contributed by atoms with Gasteiger partial charge in [0.25, 0.3) is 17.7 Å². The van der Waals surface area contributed by atoms with Crippen molar-refractivity contribution in [2.45, 2.75) is 122 Å². The first-order valence-corrected chi connectivity index (χ1v) is 29.6. The number of imidazole rings is 1. The minimum absolute atomic E-state index is 0.0701. The third-order valence-electron chi connectivity index (χ3n) is 15.7. The van der Waals surface area contributed by atoms with Crippen molar-refractivity contribution in [3.8, 4) is 11.3 Å². The number of nitrogens with two attached hydrogens (primary N) is 1. The van der Waals surface area contributed by atoms with Crippen LogP contribution in [0, 0.1) is 30.5 Å². The number of aliphatic hydroxyl groups excluding tert-OH is 1. The molecule has 3 aromatic carbocycles. The molecule has 7 N–H and O–H groups in total. The number of aromatic nitrogens is 2. The Kier molecular flexibility index (Phi) is 20.6. The van der Waals surface area contributed by atoms with Gasteiger partial charge in [0.1, 0.15) is 36.5 Å². The van der Waals surface area contributed by atoms with Gasteiger partial charge in [-0.1, -0.05) is 74.4 Å². The van der Waals surface area contributed by atoms with Gasteiger partial charge in [0, 0.05) is 90.4 Å². The van der Waals surface area contributed by atoms with E-state index >= 15 is 8.78 Å². The number of alkyl halides is 1. The number of unbranched alkanes of at least 4 members (excludes halogenated alkanes) is 2. The predicted octanol–water partition coefficient (Wildman–Crippen LogP) is 4.92. The van der Waals surface area contributed by atoms with Crippen molar-refractivity contribution < 1.29 is 61.2 Å². The summed E-state index contributed by atoms with van der Waals surface area (Å²) in [6, 6.07) is 15.4. The highest BCUT2D eigenvalue weighted by Crippen LogP contribution is 2.43. The molecule has 5 heterocycles. The summed E-state index contributed by atoms with van der Waals surface area (Å²) in [7, 11) is -1.09. The van der Waals surface area contributed by atoms with Crippen LogP contribution in [0.1, 0.15) is 93.8 Å². The number of amides is 9. The number of aliphatic hydroxyl groups is 1. The molecule has 0 spiro atoms. The van der Waals surface area contributed by atoms with E-state index in [1.54, 1.807) is 44.3 Å². The van der Waals surface area contributed by atoms with Crippen LogP contribution in [0.15, 0.2) is 91.1 Å². The van der Waals surface area contributed by atoms with Crippen molar-refractivity contribution in [2.75, 3.05) is 43.0 Å². The Balaban J connectivity index is 0.899. The molecule has 8 rings (SSSR count). The van der Waals surface area contributed by atoms with Gasteiger partial charge < -0.3 is 46.3 Å². The van der Waals surface area contributed by atoms with Crippen LogP contribution in [0.3, 0.4) is 0 Å². The van der Waals surface area contributed by atoms with Gasteiger partial charge in [-0.15, -0.1) is 0 Å². The molecule has 4 aliphatic rings. The summed E-state index contributed by atoms with van der Waals surface area (Å²) in [4.78, 5) is 113. The van der Waals surface area contributed by atoms with Crippen LogP contribution in [-0.4, -0.2) is 149 Å². The van der Waals surface area contributed by atoms with Gasteiger partial charge in [-0.25, -0.2) is 23.4 Å². The lowest BCUT2D eigenvalue weighted by molar-refractivity contribution is -0.156. The number of hydrogen-bond donors (Lipinski definition) is 6. The van der Waals surface area contributed by atoms with Crippen molar-refractivity contribution >= 4 is 64.1 Å². The molecule has 7 atom stereocenters. The monoisotopic (exact) mass is 1170 g/mol. The number of carbonyl (C=O) groups excluding carboxylic acids is 8. The number of rotatable bonds is 24. The predicted molar refractivity (Wildman–Crippen MR) is 303 cm³/mol. The number of urea groups is 1. The fourth-order valence-electron chi connectivity index (χ4n) is 11.2. The Morgan fingerprint density at radius 2 is 1.59 bits per heavy atom. The number of likely N-dealkylation sites (tertiary alicyclic amines) is 2. The lowest BCUT2D eigenvalue weighted by Gasteiger charge is -2.46. The summed E-state index contributed by atoms with van der Waals surface area (Å²) in [5.74, 6) is -4.19. The Morgan fingerprint density at radius 1 is 0.880 bits per heavy atom. The number of ether oxygens (including phenoxy) is 1. The number of piperidine rings is 1. The third-order valence-corrected chi connectivity index (χ3v) is 17.0. The SMILES string of the molecule is Cc1ccc(F)c(-c2cn(Cc3ccccc3)c(C(C3CCS(=O)CC3)N3CC4C(F)CN(C(=O)OCc5ccc(NC(=O)C(CCCNC(N)=O)NC(=O)C(NC(=O)CCCCCN6C(=O)C=CC6=O)C(C)C)cc5)C4C(O)C3=O)n2)c1. The zero-order chi connectivity index (χ0) is 59.5. The van der Waals surface area contributed by atoms with Gasteiger partial charge >= 0.3 is 12.1 Å². The molecular formula is C59H72F2N10O11S. The second kappa shape index (κ2) is 27.9. The van der Waals surface area contributed by atoms with E-state index in [0.29, 0.717) is 72.9 Å². The number of carbonyl (C=O) groups is 8. The van der Waals surface area contributed by atoms with Crippen LogP contribution >= 0.6 is 0 Å². The Morgan fingerprint density at radius 3 is 2.28 bits per heavy atom. The second-order valence-corrected chi connectivity index (χ2v) is 23.7. The highest BCUT2D eigenvalue weighted by molar-refractivity contribution is 7.85. The van der Waals surface area contributed by atoms with Crippen LogP contribution in [0.4, 0.5) is 24.1 Å². The topological polar surface area (TPSA) is 285 Å². The van der Waals surface area contributed by atoms with E-state index in [1.807, 2.05) is 41.8 Å². The summed E-state index contributed by atoms with van der Waals surface area (Å²) < 4.78 is 52.2. The molecule has 0 aliphatic carbocycles. The number of hydrogen-bond acceptors (Lipinski definition) is 12. The van der Waals surface area contributed by atoms with E-state index in [-0.39, 0.29) is 74.7 Å². The molecule has 3 fully saturated rings. The van der Waals surface area contributed by atoms with Gasteiger partial charge in [0.2, 0.25) is 17.7 Å². The van der Waals surface area contributed by atoms with E-state index in [9.17, 15) is 47.7 Å². The number of nitrogens with zero attached hydrogens (tertiary/aromatic N) is 5. The zero-order valence-electron chi connectivity index (χ0n) is 46.7. The lowest BCUT2D eigenvalue weighted by Crippen LogP contribution is -2.61. The average molecular weight is 1170 g/mol. The summed E-state index contributed by atoms with van der Waals surface area (Å²) in [5, 5.41) is 22.6. The van der Waals surface area contributed by atoms with E-state index in [1.165, 1.54) is 35.3 Å². The number of benzene rings is 3. The normalized spacial score (nSPS) is 21.6. The maximum Gasteiger partial charge on any atom is 0.410 e. The maximum atomic E-state index is 16.5. The molecule has 7 unspecified atom stereocenters. The smallest absolute Gasteiger partial charge is 0.410 e. The van der Waals surface area contributed by atoms with Gasteiger partial charge in [0.15, 0.2) is 6.10 Å². The molecule has 83 heavy (non-hydrogen) atoms. The summed E-state index contributed by atoms with van der Waals surface area (Å²) in [6.45, 7) is 5.00. The van der Waals surface area contributed by atoms with Gasteiger partial charge in [-0.3, -0.25) is 42.8 Å². The fraction of sp³-hybridized carbons (Fsp3) is 0.475. The quantitative estimate of drug-likeness (QED) is 0.0403. The minimum Gasteiger partial charge on any atom is -0.445 e. The summed E-state index contributed by atoms with van der Waals surface area (Å²) >= 11 is 0. The number of anilines is 1. The molecule has 0 radical (unpaired) electrons. The van der Waals surface area contributed by atoms with Crippen LogP contribution in [0.25, 0.3) is 11.3 Å². The molecule has 4 aliphatic heterocycles. The number of imide groups is 1. The molecule has 444 valence electrons. The van der Waals surface area contributed by atoms with Crippen LogP contribution in [-0.2, 0) is 57.5 Å². The number of nitrogens with one attached hydrogen (secondary N) is 4. The van der Waals surface area contributed by atoms with E-state index < -0.39 is 101 Å². The molecule has 4 aromatic rings. The zero-order valence-corrected chi connectivity index (χ0v) is 47.5. The second-order valence-electron chi connectivity index (χ2n) is 22.0.